The molecule has 4 nitrogen and oxygen atoms in total. The van der Waals surface area contributed by atoms with Crippen LogP contribution < -0.4 is 5.32 Å². The second-order valence-corrected chi connectivity index (χ2v) is 3.54. The Kier molecular flexibility index (Phi) is 3.42. The SMILES string of the molecule is CC(=O)C(=O)NC1CCC(O)CC1. The zero-order valence-corrected chi connectivity index (χ0v) is 7.75. The summed E-state index contributed by atoms with van der Waals surface area (Å²) in [5.74, 6) is -0.965. The van der Waals surface area contributed by atoms with E-state index in [1.807, 2.05) is 0 Å². The van der Waals surface area contributed by atoms with Crippen LogP contribution in [0.4, 0.5) is 0 Å². The number of carbonyl (C=O) groups excluding carboxylic acids is 2. The van der Waals surface area contributed by atoms with Crippen LogP contribution in [-0.2, 0) is 9.59 Å². The summed E-state index contributed by atoms with van der Waals surface area (Å²) in [5, 5.41) is 11.8. The van der Waals surface area contributed by atoms with E-state index in [2.05, 4.69) is 5.32 Å². The highest BCUT2D eigenvalue weighted by Crippen LogP contribution is 2.17. The second kappa shape index (κ2) is 4.37. The van der Waals surface area contributed by atoms with Gasteiger partial charge in [0.1, 0.15) is 0 Å². The molecule has 1 fully saturated rings. The smallest absolute Gasteiger partial charge is 0.287 e. The number of carbonyl (C=O) groups is 2. The van der Waals surface area contributed by atoms with Crippen LogP contribution in [0.15, 0.2) is 0 Å². The number of amides is 1. The second-order valence-electron chi connectivity index (χ2n) is 3.54. The minimum Gasteiger partial charge on any atom is -0.393 e. The molecule has 0 saturated heterocycles. The Morgan fingerprint density at radius 3 is 2.23 bits per heavy atom. The van der Waals surface area contributed by atoms with Crippen molar-refractivity contribution >= 4 is 11.7 Å². The molecule has 0 spiro atoms. The maximum atomic E-state index is 11.0. The minimum atomic E-state index is -0.513. The zero-order valence-electron chi connectivity index (χ0n) is 7.75. The molecule has 0 aliphatic heterocycles. The van der Waals surface area contributed by atoms with Gasteiger partial charge in [-0.25, -0.2) is 0 Å². The van der Waals surface area contributed by atoms with E-state index in [0.29, 0.717) is 12.8 Å². The molecule has 0 aromatic heterocycles. The molecule has 74 valence electrons. The Balaban J connectivity index is 2.30. The lowest BCUT2D eigenvalue weighted by atomic mass is 9.93. The molecule has 0 radical (unpaired) electrons. The molecular formula is C9H15NO3. The van der Waals surface area contributed by atoms with Gasteiger partial charge in [-0.05, 0) is 25.7 Å². The van der Waals surface area contributed by atoms with E-state index < -0.39 is 11.7 Å². The van der Waals surface area contributed by atoms with Crippen LogP contribution in [0.25, 0.3) is 0 Å². The van der Waals surface area contributed by atoms with Gasteiger partial charge in [0.05, 0.1) is 6.10 Å². The highest BCUT2D eigenvalue weighted by molar-refractivity contribution is 6.35. The first kappa shape index (κ1) is 10.2. The van der Waals surface area contributed by atoms with Crippen molar-refractivity contribution in [2.75, 3.05) is 0 Å². The Hall–Kier alpha value is -0.900. The summed E-state index contributed by atoms with van der Waals surface area (Å²) in [4.78, 5) is 21.6. The van der Waals surface area contributed by atoms with E-state index in [1.165, 1.54) is 6.92 Å². The predicted molar refractivity (Wildman–Crippen MR) is 47.1 cm³/mol. The highest BCUT2D eigenvalue weighted by atomic mass is 16.3. The van der Waals surface area contributed by atoms with Crippen molar-refractivity contribution in [1.82, 2.24) is 5.32 Å². The summed E-state index contributed by atoms with van der Waals surface area (Å²) in [6.45, 7) is 1.26. The van der Waals surface area contributed by atoms with Crippen LogP contribution >= 0.6 is 0 Å². The fraction of sp³-hybridized carbons (Fsp3) is 0.778. The van der Waals surface area contributed by atoms with Crippen molar-refractivity contribution in [3.05, 3.63) is 0 Å². The van der Waals surface area contributed by atoms with E-state index in [9.17, 15) is 14.7 Å². The molecule has 4 heteroatoms. The zero-order chi connectivity index (χ0) is 9.84. The van der Waals surface area contributed by atoms with Gasteiger partial charge in [0, 0.05) is 13.0 Å². The monoisotopic (exact) mass is 185 g/mol. The molecule has 2 N–H and O–H groups in total. The number of nitrogens with one attached hydrogen (secondary N) is 1. The molecule has 0 unspecified atom stereocenters. The van der Waals surface area contributed by atoms with Crippen molar-refractivity contribution in [1.29, 1.82) is 0 Å². The lowest BCUT2D eigenvalue weighted by molar-refractivity contribution is -0.137. The van der Waals surface area contributed by atoms with Gasteiger partial charge < -0.3 is 10.4 Å². The number of hydrogen-bond acceptors (Lipinski definition) is 3. The number of hydrogen-bond donors (Lipinski definition) is 2. The predicted octanol–water partition coefficient (Wildman–Crippen LogP) is -0.00490. The summed E-state index contributed by atoms with van der Waals surface area (Å²) >= 11 is 0. The van der Waals surface area contributed by atoms with Crippen LogP contribution in [0, 0.1) is 0 Å². The molecule has 0 aromatic rings. The van der Waals surface area contributed by atoms with E-state index in [1.54, 1.807) is 0 Å². The molecule has 13 heavy (non-hydrogen) atoms. The molecule has 0 heterocycles. The first-order valence-electron chi connectivity index (χ1n) is 4.59. The van der Waals surface area contributed by atoms with E-state index >= 15 is 0 Å². The molecule has 1 rings (SSSR count). The maximum absolute atomic E-state index is 11.0. The largest absolute Gasteiger partial charge is 0.393 e. The van der Waals surface area contributed by atoms with Crippen molar-refractivity contribution in [3.63, 3.8) is 0 Å². The van der Waals surface area contributed by atoms with Crippen LogP contribution in [-0.4, -0.2) is 28.9 Å². The lowest BCUT2D eigenvalue weighted by Gasteiger charge is -2.25. The highest BCUT2D eigenvalue weighted by Gasteiger charge is 2.21. The number of rotatable bonds is 2. The number of ketones is 1. The Bertz CT molecular complexity index is 207. The topological polar surface area (TPSA) is 66.4 Å². The van der Waals surface area contributed by atoms with Gasteiger partial charge in [0.15, 0.2) is 0 Å². The van der Waals surface area contributed by atoms with Crippen LogP contribution in [0.2, 0.25) is 0 Å². The van der Waals surface area contributed by atoms with Gasteiger partial charge in [-0.3, -0.25) is 9.59 Å². The first-order valence-corrected chi connectivity index (χ1v) is 4.59. The van der Waals surface area contributed by atoms with Gasteiger partial charge in [0.2, 0.25) is 5.78 Å². The summed E-state index contributed by atoms with van der Waals surface area (Å²) in [6, 6.07) is 0.0693. The molecule has 0 bridgehead atoms. The standard InChI is InChI=1S/C9H15NO3/c1-6(11)9(13)10-7-2-4-8(12)5-3-7/h7-8,12H,2-5H2,1H3,(H,10,13). The minimum absolute atomic E-state index is 0.0693. The van der Waals surface area contributed by atoms with Gasteiger partial charge in [-0.15, -0.1) is 0 Å². The van der Waals surface area contributed by atoms with Gasteiger partial charge in [-0.1, -0.05) is 0 Å². The third-order valence-corrected chi connectivity index (χ3v) is 2.35. The average molecular weight is 185 g/mol. The Morgan fingerprint density at radius 1 is 1.23 bits per heavy atom. The Morgan fingerprint density at radius 2 is 1.77 bits per heavy atom. The van der Waals surface area contributed by atoms with Gasteiger partial charge >= 0.3 is 0 Å². The van der Waals surface area contributed by atoms with Gasteiger partial charge in [0.25, 0.3) is 5.91 Å². The molecule has 0 atom stereocenters. The van der Waals surface area contributed by atoms with E-state index in [0.717, 1.165) is 12.8 Å². The number of aliphatic hydroxyl groups is 1. The molecule has 1 aliphatic rings. The van der Waals surface area contributed by atoms with Crippen molar-refractivity contribution < 1.29 is 14.7 Å². The van der Waals surface area contributed by atoms with Crippen LogP contribution in [0.3, 0.4) is 0 Å². The molecule has 1 amide bonds. The Labute approximate surface area is 77.3 Å². The fourth-order valence-electron chi connectivity index (χ4n) is 1.51. The van der Waals surface area contributed by atoms with E-state index in [-0.39, 0.29) is 12.1 Å². The number of Topliss-reactive ketones (excluding diaryl/α,β-unsaturated/α-hetero) is 1. The van der Waals surface area contributed by atoms with Crippen molar-refractivity contribution in [2.24, 2.45) is 0 Å². The average Bonchev–Trinajstić information content (AvgIpc) is 2.08. The normalized spacial score (nSPS) is 28.2. The molecule has 1 aliphatic carbocycles. The lowest BCUT2D eigenvalue weighted by Crippen LogP contribution is -2.41. The summed E-state index contributed by atoms with van der Waals surface area (Å²) in [5.41, 5.74) is 0. The molecule has 1 saturated carbocycles. The first-order chi connectivity index (χ1) is 6.09. The number of aliphatic hydroxyl groups excluding tert-OH is 1. The fourth-order valence-corrected chi connectivity index (χ4v) is 1.51. The molecule has 0 aromatic carbocycles. The summed E-state index contributed by atoms with van der Waals surface area (Å²) in [6.07, 6.45) is 2.72. The van der Waals surface area contributed by atoms with Crippen LogP contribution in [0.5, 0.6) is 0 Å². The maximum Gasteiger partial charge on any atom is 0.287 e. The summed E-state index contributed by atoms with van der Waals surface area (Å²) < 4.78 is 0. The molecular weight excluding hydrogens is 170 g/mol. The third-order valence-electron chi connectivity index (χ3n) is 2.35. The van der Waals surface area contributed by atoms with Crippen LogP contribution in [0.1, 0.15) is 32.6 Å². The van der Waals surface area contributed by atoms with Crippen molar-refractivity contribution in [2.45, 2.75) is 44.8 Å². The third kappa shape index (κ3) is 3.14. The van der Waals surface area contributed by atoms with E-state index in [4.69, 9.17) is 0 Å². The van der Waals surface area contributed by atoms with Gasteiger partial charge in [-0.2, -0.15) is 0 Å². The summed E-state index contributed by atoms with van der Waals surface area (Å²) in [7, 11) is 0. The quantitative estimate of drug-likeness (QED) is 0.595. The van der Waals surface area contributed by atoms with Crippen molar-refractivity contribution in [3.8, 4) is 0 Å².